The van der Waals surface area contributed by atoms with E-state index < -0.39 is 11.8 Å². The Morgan fingerprint density at radius 2 is 1.93 bits per heavy atom. The van der Waals surface area contributed by atoms with E-state index in [0.717, 1.165) is 0 Å². The van der Waals surface area contributed by atoms with E-state index in [-0.39, 0.29) is 5.56 Å². The standard InChI is InChI=1S/C10H11FO2.C2H6/c1-3-13-10(12)8-4-7(2)5-9(11)6-8;1-2/h4-6H,3H2,1-2H3;1-2H3. The molecule has 0 N–H and O–H groups in total. The Morgan fingerprint density at radius 3 is 2.40 bits per heavy atom. The van der Waals surface area contributed by atoms with Gasteiger partial charge in [-0.2, -0.15) is 0 Å². The highest BCUT2D eigenvalue weighted by atomic mass is 19.1. The minimum atomic E-state index is -0.481. The monoisotopic (exact) mass is 212 g/mol. The molecule has 0 atom stereocenters. The number of aryl methyl sites for hydroxylation is 1. The van der Waals surface area contributed by atoms with E-state index >= 15 is 0 Å². The van der Waals surface area contributed by atoms with Crippen molar-refractivity contribution in [2.75, 3.05) is 6.61 Å². The minimum absolute atomic E-state index is 0.263. The molecule has 0 aliphatic carbocycles. The van der Waals surface area contributed by atoms with Gasteiger partial charge in [-0.05, 0) is 37.6 Å². The van der Waals surface area contributed by atoms with E-state index in [9.17, 15) is 9.18 Å². The van der Waals surface area contributed by atoms with Crippen LogP contribution in [0.15, 0.2) is 18.2 Å². The summed E-state index contributed by atoms with van der Waals surface area (Å²) in [6.45, 7) is 7.74. The average molecular weight is 212 g/mol. The number of rotatable bonds is 2. The Bertz CT molecular complexity index is 301. The van der Waals surface area contributed by atoms with E-state index in [4.69, 9.17) is 4.74 Å². The molecule has 0 saturated carbocycles. The summed E-state index contributed by atoms with van der Waals surface area (Å²) in [4.78, 5) is 11.2. The lowest BCUT2D eigenvalue weighted by atomic mass is 10.1. The Balaban J connectivity index is 0.000000921. The van der Waals surface area contributed by atoms with E-state index in [1.807, 2.05) is 13.8 Å². The smallest absolute Gasteiger partial charge is 0.338 e. The summed E-state index contributed by atoms with van der Waals surface area (Å²) in [7, 11) is 0. The van der Waals surface area contributed by atoms with Crippen molar-refractivity contribution in [3.8, 4) is 0 Å². The summed E-state index contributed by atoms with van der Waals surface area (Å²) in [6, 6.07) is 4.13. The summed E-state index contributed by atoms with van der Waals surface area (Å²) >= 11 is 0. The first-order chi connectivity index (χ1) is 7.13. The Morgan fingerprint density at radius 1 is 1.33 bits per heavy atom. The summed E-state index contributed by atoms with van der Waals surface area (Å²) in [5.41, 5.74) is 0.974. The predicted octanol–water partition coefficient (Wildman–Crippen LogP) is 3.34. The van der Waals surface area contributed by atoms with Crippen LogP contribution < -0.4 is 0 Å². The number of ether oxygens (including phenoxy) is 1. The summed E-state index contributed by atoms with van der Waals surface area (Å²) in [6.07, 6.45) is 0. The zero-order chi connectivity index (χ0) is 11.8. The second kappa shape index (κ2) is 6.98. The molecule has 0 amide bonds. The Labute approximate surface area is 90.1 Å². The second-order valence-electron chi connectivity index (χ2n) is 2.74. The third-order valence-electron chi connectivity index (χ3n) is 1.55. The molecule has 0 saturated heterocycles. The number of esters is 1. The number of hydrogen-bond acceptors (Lipinski definition) is 2. The van der Waals surface area contributed by atoms with Crippen LogP contribution in [0.3, 0.4) is 0 Å². The van der Waals surface area contributed by atoms with Crippen LogP contribution in [0.25, 0.3) is 0 Å². The first kappa shape index (κ1) is 13.6. The van der Waals surface area contributed by atoms with E-state index in [0.29, 0.717) is 12.2 Å². The van der Waals surface area contributed by atoms with Gasteiger partial charge < -0.3 is 4.74 Å². The molecule has 1 rings (SSSR count). The van der Waals surface area contributed by atoms with Gasteiger partial charge in [0.1, 0.15) is 5.82 Å². The fourth-order valence-corrected chi connectivity index (χ4v) is 1.07. The molecule has 0 aromatic heterocycles. The van der Waals surface area contributed by atoms with Crippen molar-refractivity contribution < 1.29 is 13.9 Å². The molecule has 84 valence electrons. The van der Waals surface area contributed by atoms with Crippen LogP contribution in [-0.2, 0) is 4.74 Å². The molecular weight excluding hydrogens is 195 g/mol. The lowest BCUT2D eigenvalue weighted by Gasteiger charge is -2.02. The topological polar surface area (TPSA) is 26.3 Å². The van der Waals surface area contributed by atoms with Gasteiger partial charge in [0.05, 0.1) is 12.2 Å². The number of hydrogen-bond donors (Lipinski definition) is 0. The number of carbonyl (C=O) groups excluding carboxylic acids is 1. The van der Waals surface area contributed by atoms with Crippen molar-refractivity contribution in [1.29, 1.82) is 0 Å². The highest BCUT2D eigenvalue weighted by molar-refractivity contribution is 5.89. The van der Waals surface area contributed by atoms with Crippen molar-refractivity contribution >= 4 is 5.97 Å². The van der Waals surface area contributed by atoms with E-state index in [1.54, 1.807) is 19.9 Å². The molecule has 0 fully saturated rings. The maximum absolute atomic E-state index is 12.8. The number of halogens is 1. The lowest BCUT2D eigenvalue weighted by molar-refractivity contribution is 0.0525. The molecule has 1 aromatic rings. The van der Waals surface area contributed by atoms with Crippen LogP contribution in [0.2, 0.25) is 0 Å². The first-order valence-corrected chi connectivity index (χ1v) is 5.08. The van der Waals surface area contributed by atoms with Crippen LogP contribution in [0.1, 0.15) is 36.7 Å². The maximum atomic E-state index is 12.8. The highest BCUT2D eigenvalue weighted by Crippen LogP contribution is 2.09. The van der Waals surface area contributed by atoms with Gasteiger partial charge in [0.15, 0.2) is 0 Å². The third kappa shape index (κ3) is 4.58. The van der Waals surface area contributed by atoms with Gasteiger partial charge >= 0.3 is 5.97 Å². The minimum Gasteiger partial charge on any atom is -0.462 e. The average Bonchev–Trinajstić information content (AvgIpc) is 2.20. The van der Waals surface area contributed by atoms with Gasteiger partial charge in [0, 0.05) is 0 Å². The fraction of sp³-hybridized carbons (Fsp3) is 0.417. The summed E-state index contributed by atoms with van der Waals surface area (Å²) in [5.74, 6) is -0.895. The van der Waals surface area contributed by atoms with Crippen LogP contribution in [-0.4, -0.2) is 12.6 Å². The molecule has 0 heterocycles. The van der Waals surface area contributed by atoms with Crippen molar-refractivity contribution in [2.45, 2.75) is 27.7 Å². The Hall–Kier alpha value is -1.38. The molecule has 3 heteroatoms. The normalized spacial score (nSPS) is 8.87. The molecule has 0 aliphatic rings. The predicted molar refractivity (Wildman–Crippen MR) is 58.4 cm³/mol. The molecular formula is C12H17FO2. The van der Waals surface area contributed by atoms with Crippen LogP contribution >= 0.6 is 0 Å². The van der Waals surface area contributed by atoms with Crippen LogP contribution in [0.4, 0.5) is 4.39 Å². The van der Waals surface area contributed by atoms with E-state index in [2.05, 4.69) is 0 Å². The summed E-state index contributed by atoms with van der Waals surface area (Å²) in [5, 5.41) is 0. The van der Waals surface area contributed by atoms with Crippen molar-refractivity contribution in [2.24, 2.45) is 0 Å². The largest absolute Gasteiger partial charge is 0.462 e. The zero-order valence-electron chi connectivity index (χ0n) is 9.63. The van der Waals surface area contributed by atoms with Crippen LogP contribution in [0, 0.1) is 12.7 Å². The highest BCUT2D eigenvalue weighted by Gasteiger charge is 2.07. The quantitative estimate of drug-likeness (QED) is 0.703. The third-order valence-corrected chi connectivity index (χ3v) is 1.55. The fourth-order valence-electron chi connectivity index (χ4n) is 1.07. The second-order valence-corrected chi connectivity index (χ2v) is 2.74. The molecule has 1 aromatic carbocycles. The van der Waals surface area contributed by atoms with Gasteiger partial charge in [-0.25, -0.2) is 9.18 Å². The zero-order valence-corrected chi connectivity index (χ0v) is 9.63. The Kier molecular flexibility index (Phi) is 6.34. The molecule has 0 spiro atoms. The molecule has 0 bridgehead atoms. The number of benzene rings is 1. The van der Waals surface area contributed by atoms with Gasteiger partial charge in [0.25, 0.3) is 0 Å². The van der Waals surface area contributed by atoms with Gasteiger partial charge in [-0.3, -0.25) is 0 Å². The van der Waals surface area contributed by atoms with E-state index in [1.165, 1.54) is 12.1 Å². The lowest BCUT2D eigenvalue weighted by Crippen LogP contribution is -2.05. The van der Waals surface area contributed by atoms with Gasteiger partial charge in [-0.15, -0.1) is 0 Å². The van der Waals surface area contributed by atoms with Gasteiger partial charge in [0.2, 0.25) is 0 Å². The maximum Gasteiger partial charge on any atom is 0.338 e. The first-order valence-electron chi connectivity index (χ1n) is 5.08. The molecule has 15 heavy (non-hydrogen) atoms. The summed E-state index contributed by atoms with van der Waals surface area (Å²) < 4.78 is 17.6. The molecule has 2 nitrogen and oxygen atoms in total. The molecule has 0 radical (unpaired) electrons. The van der Waals surface area contributed by atoms with Crippen molar-refractivity contribution in [3.05, 3.63) is 35.1 Å². The van der Waals surface area contributed by atoms with Crippen LogP contribution in [0.5, 0.6) is 0 Å². The SMILES string of the molecule is CC.CCOC(=O)c1cc(C)cc(F)c1. The molecule has 0 unspecified atom stereocenters. The number of carbonyl (C=O) groups is 1. The van der Waals surface area contributed by atoms with Crippen molar-refractivity contribution in [1.82, 2.24) is 0 Å². The van der Waals surface area contributed by atoms with Gasteiger partial charge in [-0.1, -0.05) is 13.8 Å². The molecule has 0 aliphatic heterocycles. The van der Waals surface area contributed by atoms with Crippen molar-refractivity contribution in [3.63, 3.8) is 0 Å².